The molecule has 17 heteroatoms. The second-order valence-corrected chi connectivity index (χ2v) is 20.6. The van der Waals surface area contributed by atoms with Gasteiger partial charge in [-0.15, -0.1) is 0 Å². The lowest BCUT2D eigenvalue weighted by atomic mass is 9.76. The van der Waals surface area contributed by atoms with Crippen LogP contribution < -0.4 is 26.1 Å². The highest BCUT2D eigenvalue weighted by Gasteiger charge is 2.48. The predicted octanol–water partition coefficient (Wildman–Crippen LogP) is 5.83. The largest absolute Gasteiger partial charge is 0.691 e. The Morgan fingerprint density at radius 2 is 1.72 bits per heavy atom. The zero-order valence-electron chi connectivity index (χ0n) is 37.7. The van der Waals surface area contributed by atoms with Gasteiger partial charge in [-0.2, -0.15) is 8.91 Å². The van der Waals surface area contributed by atoms with E-state index in [2.05, 4.69) is 91.7 Å². The number of rotatable bonds is 20. The molecule has 1 saturated heterocycles. The number of allylic oxidation sites excluding steroid dienone is 5. The van der Waals surface area contributed by atoms with Crippen molar-refractivity contribution in [1.29, 1.82) is 0 Å². The van der Waals surface area contributed by atoms with Gasteiger partial charge in [0.25, 0.3) is 0 Å². The van der Waals surface area contributed by atoms with E-state index in [0.717, 1.165) is 44.7 Å². The number of likely N-dealkylation sites (tertiary alicyclic amines) is 1. The normalized spacial score (nSPS) is 20.0. The summed E-state index contributed by atoms with van der Waals surface area (Å²) in [6.45, 7) is 9.96. The second kappa shape index (κ2) is 21.2. The first-order valence-electron chi connectivity index (χ1n) is 21.9. The molecule has 1 fully saturated rings. The number of likely N-dealkylation sites (N-methyl/N-ethyl adjacent to an activating group) is 1. The van der Waals surface area contributed by atoms with E-state index in [0.29, 0.717) is 74.1 Å². The topological polar surface area (TPSA) is 168 Å². The fourth-order valence-corrected chi connectivity index (χ4v) is 11.5. The van der Waals surface area contributed by atoms with E-state index in [1.54, 1.807) is 27.8 Å². The highest BCUT2D eigenvalue weighted by atomic mass is 33.1. The number of hydrogen-bond donors (Lipinski definition) is 3. The minimum atomic E-state index is -1.07. The molecule has 14 nitrogen and oxygen atoms in total. The Labute approximate surface area is 393 Å². The highest BCUT2D eigenvalue weighted by Crippen LogP contribution is 2.49. The van der Waals surface area contributed by atoms with E-state index in [9.17, 15) is 24.4 Å². The molecule has 0 radical (unpaired) electrons. The van der Waals surface area contributed by atoms with Crippen molar-refractivity contribution in [3.8, 4) is 0 Å². The Morgan fingerprint density at radius 1 is 0.969 bits per heavy atom. The number of aromatic nitrogens is 1. The van der Waals surface area contributed by atoms with Gasteiger partial charge in [0.15, 0.2) is 11.5 Å². The van der Waals surface area contributed by atoms with E-state index in [1.807, 2.05) is 73.6 Å². The fraction of sp³-hybridized carbons (Fsp3) is 0.417. The number of pyridine rings is 1. The van der Waals surface area contributed by atoms with Gasteiger partial charge in [-0.05, 0) is 80.2 Å². The smallest absolute Gasteiger partial charge is 0.243 e. The summed E-state index contributed by atoms with van der Waals surface area (Å²) in [6, 6.07) is 20.5. The van der Waals surface area contributed by atoms with Crippen LogP contribution in [0, 0.1) is 0 Å². The van der Waals surface area contributed by atoms with Crippen LogP contribution in [-0.2, 0) is 39.4 Å². The van der Waals surface area contributed by atoms with Crippen molar-refractivity contribution in [1.82, 2.24) is 25.8 Å². The highest BCUT2D eigenvalue weighted by molar-refractivity contribution is 8.76. The maximum Gasteiger partial charge on any atom is 0.243 e. The van der Waals surface area contributed by atoms with Crippen LogP contribution in [0.5, 0.6) is 0 Å². The Hall–Kier alpha value is -4.91. The molecule has 344 valence electrons. The number of carbonyl (C=O) groups excluding carboxylic acids is 4. The molecular formula is C48H57N7O7S3. The van der Waals surface area contributed by atoms with Crippen LogP contribution in [0.3, 0.4) is 0 Å². The van der Waals surface area contributed by atoms with Crippen molar-refractivity contribution in [3.63, 3.8) is 0 Å². The minimum absolute atomic E-state index is 0.0652. The van der Waals surface area contributed by atoms with Crippen molar-refractivity contribution in [2.24, 2.45) is 0 Å². The molecule has 0 bridgehead atoms. The summed E-state index contributed by atoms with van der Waals surface area (Å²) in [6.07, 6.45) is 8.31. The Balaban J connectivity index is 1.05. The molecule has 3 amide bonds. The first kappa shape index (κ1) is 48.0. The van der Waals surface area contributed by atoms with Gasteiger partial charge in [0.2, 0.25) is 23.4 Å². The SMILES string of the molecule is CN1/C(=C/C2=C(N3CCC[C@@H]3C(=O)N[C@@H](CSOO[O-])C(=O)NCCCCC(=O)NCCSSc3ccccn3)C(=C/C3=[N+](C)c4ccccc4C3(C)C)/C2=O)C(C)(C)c2ccccc21. The lowest BCUT2D eigenvalue weighted by molar-refractivity contribution is -0.777. The average molecular weight is 940 g/mol. The molecule has 0 spiro atoms. The number of Topliss-reactive ketones (excluding diaryl/α,β-unsaturated/α-hetero) is 1. The standard InChI is InChI=1S/C48H57N7O7S3/c1-47(2)33-16-7-9-18-36(33)53(5)39(47)28-31-43(32(44(31)57)29-40-48(3,4)34-17-8-10-19-37(34)54(40)6)55-26-15-20-38(55)46(59)52-35(30-63-62-61-60)45(58)51-24-13-11-21-41(56)49-25-27-64-65-42-22-12-14-23-50-42/h7-10,12,14,16-19,22-23,28-29,35,38H,11,13,15,20-21,24-27,30H2,1-6H3,(H3-,49,51,52,56,58,59,60)/t35-,38+/m0/s1. The number of benzene rings is 2. The van der Waals surface area contributed by atoms with Crippen molar-refractivity contribution >= 4 is 74.2 Å². The third-order valence-corrected chi connectivity index (χ3v) is 15.5. The van der Waals surface area contributed by atoms with Gasteiger partial charge in [-0.25, -0.2) is 4.98 Å². The Bertz CT molecular complexity index is 2420. The molecule has 0 unspecified atom stereocenters. The zero-order chi connectivity index (χ0) is 46.3. The molecule has 3 N–H and O–H groups in total. The minimum Gasteiger partial charge on any atom is -0.691 e. The van der Waals surface area contributed by atoms with E-state index < -0.39 is 28.8 Å². The molecule has 4 aliphatic rings. The molecule has 2 aromatic carbocycles. The summed E-state index contributed by atoms with van der Waals surface area (Å²) in [5, 5.41) is 23.8. The van der Waals surface area contributed by atoms with Crippen LogP contribution in [0.15, 0.2) is 113 Å². The van der Waals surface area contributed by atoms with Gasteiger partial charge < -0.3 is 31.0 Å². The first-order valence-corrected chi connectivity index (χ1v) is 25.2. The first-order chi connectivity index (χ1) is 31.2. The maximum atomic E-state index is 14.6. The maximum absolute atomic E-state index is 14.6. The summed E-state index contributed by atoms with van der Waals surface area (Å²) in [4.78, 5) is 63.4. The number of hydrogen-bond acceptors (Lipinski definition) is 13. The summed E-state index contributed by atoms with van der Waals surface area (Å²) in [5.74, 6) is -0.378. The van der Waals surface area contributed by atoms with Crippen LogP contribution in [-0.4, -0.2) is 101 Å². The van der Waals surface area contributed by atoms with Crippen molar-refractivity contribution in [2.45, 2.75) is 87.7 Å². The fourth-order valence-electron chi connectivity index (χ4n) is 9.25. The molecule has 3 aromatic rings. The lowest BCUT2D eigenvalue weighted by Gasteiger charge is -2.37. The molecule has 1 aromatic heterocycles. The molecule has 1 aliphatic carbocycles. The molecule has 2 atom stereocenters. The quantitative estimate of drug-likeness (QED) is 0.0236. The molecule has 3 aliphatic heterocycles. The number of ketones is 1. The predicted molar refractivity (Wildman–Crippen MR) is 255 cm³/mol. The number of nitrogens with one attached hydrogen (secondary N) is 3. The summed E-state index contributed by atoms with van der Waals surface area (Å²) < 4.78 is 6.65. The summed E-state index contributed by atoms with van der Waals surface area (Å²) in [5.41, 5.74) is 7.41. The second-order valence-electron chi connectivity index (χ2n) is 17.5. The molecule has 0 saturated carbocycles. The molecule has 65 heavy (non-hydrogen) atoms. The van der Waals surface area contributed by atoms with Crippen LogP contribution in [0.4, 0.5) is 11.4 Å². The molecule has 4 heterocycles. The number of nitrogens with zero attached hydrogens (tertiary/aromatic N) is 4. The summed E-state index contributed by atoms with van der Waals surface area (Å²) >= 11 is 0.614. The van der Waals surface area contributed by atoms with Gasteiger partial charge in [-0.1, -0.05) is 67.1 Å². The van der Waals surface area contributed by atoms with Crippen LogP contribution in [0.2, 0.25) is 0 Å². The third-order valence-electron chi connectivity index (χ3n) is 12.6. The summed E-state index contributed by atoms with van der Waals surface area (Å²) in [7, 11) is 7.21. The van der Waals surface area contributed by atoms with E-state index in [1.165, 1.54) is 0 Å². The van der Waals surface area contributed by atoms with Crippen LogP contribution in [0.1, 0.15) is 70.9 Å². The van der Waals surface area contributed by atoms with Gasteiger partial charge in [-0.3, -0.25) is 24.2 Å². The van der Waals surface area contributed by atoms with Gasteiger partial charge in [0, 0.05) is 97.2 Å². The van der Waals surface area contributed by atoms with Crippen molar-refractivity contribution in [2.75, 3.05) is 50.1 Å². The lowest BCUT2D eigenvalue weighted by Crippen LogP contribution is -2.54. The average Bonchev–Trinajstić information content (AvgIpc) is 3.91. The van der Waals surface area contributed by atoms with E-state index >= 15 is 0 Å². The van der Waals surface area contributed by atoms with Gasteiger partial charge in [0.05, 0.1) is 22.4 Å². The molecular weight excluding hydrogens is 883 g/mol. The van der Waals surface area contributed by atoms with Crippen molar-refractivity contribution < 1.29 is 38.4 Å². The molecule has 7 rings (SSSR count). The monoisotopic (exact) mass is 939 g/mol. The number of carbonyl (C=O) groups is 4. The third kappa shape index (κ3) is 10.4. The van der Waals surface area contributed by atoms with Crippen molar-refractivity contribution in [3.05, 3.63) is 119 Å². The number of unbranched alkanes of at least 4 members (excludes halogenated alkanes) is 1. The van der Waals surface area contributed by atoms with E-state index in [4.69, 9.17) is 0 Å². The number of amides is 3. The van der Waals surface area contributed by atoms with E-state index in [-0.39, 0.29) is 29.9 Å². The zero-order valence-corrected chi connectivity index (χ0v) is 40.1. The van der Waals surface area contributed by atoms with Gasteiger partial charge >= 0.3 is 0 Å². The van der Waals surface area contributed by atoms with Crippen LogP contribution >= 0.6 is 33.6 Å². The number of anilines is 1. The number of para-hydroxylation sites is 2. The Kier molecular flexibility index (Phi) is 15.6. The number of fused-ring (bicyclic) bond motifs is 2. The Morgan fingerprint density at radius 3 is 2.46 bits per heavy atom. The van der Waals surface area contributed by atoms with Crippen LogP contribution in [0.25, 0.3) is 0 Å². The van der Waals surface area contributed by atoms with Gasteiger partial charge in [0.1, 0.15) is 24.2 Å².